The zero-order valence-corrected chi connectivity index (χ0v) is 11.6. The number of nitrogens with zero attached hydrogens (tertiary/aromatic N) is 1. The molecule has 1 unspecified atom stereocenters. The van der Waals surface area contributed by atoms with Crippen LogP contribution in [0.5, 0.6) is 0 Å². The van der Waals surface area contributed by atoms with Gasteiger partial charge in [0.25, 0.3) is 5.91 Å². The summed E-state index contributed by atoms with van der Waals surface area (Å²) in [6.07, 6.45) is 1.87. The summed E-state index contributed by atoms with van der Waals surface area (Å²) in [6.45, 7) is 1.91. The van der Waals surface area contributed by atoms with Crippen molar-refractivity contribution in [2.24, 2.45) is 0 Å². The number of aromatic nitrogens is 1. The minimum atomic E-state index is -0.514. The number of benzene rings is 1. The predicted octanol–water partition coefficient (Wildman–Crippen LogP) is 2.55. The summed E-state index contributed by atoms with van der Waals surface area (Å²) in [5, 5.41) is 12.3. The monoisotopic (exact) mass is 270 g/mol. The fourth-order valence-electron chi connectivity index (χ4n) is 1.94. The smallest absolute Gasteiger partial charge is 0.251 e. The van der Waals surface area contributed by atoms with E-state index in [0.29, 0.717) is 17.7 Å². The molecule has 0 fully saturated rings. The number of amides is 1. The topological polar surface area (TPSA) is 62.2 Å². The summed E-state index contributed by atoms with van der Waals surface area (Å²) in [6, 6.07) is 11.1. The van der Waals surface area contributed by atoms with Gasteiger partial charge in [0.2, 0.25) is 0 Å². The Morgan fingerprint density at radius 1 is 1.20 bits per heavy atom. The molecular weight excluding hydrogens is 252 g/mol. The first-order valence-electron chi connectivity index (χ1n) is 6.62. The van der Waals surface area contributed by atoms with Crippen LogP contribution in [0, 0.1) is 0 Å². The molecular formula is C16H18N2O2. The van der Waals surface area contributed by atoms with Crippen molar-refractivity contribution < 1.29 is 9.90 Å². The molecule has 0 bridgehead atoms. The molecule has 2 aromatic rings. The number of hydrogen-bond donors (Lipinski definition) is 2. The van der Waals surface area contributed by atoms with Gasteiger partial charge < -0.3 is 10.4 Å². The van der Waals surface area contributed by atoms with Crippen molar-refractivity contribution in [2.75, 3.05) is 7.05 Å². The molecule has 0 aliphatic rings. The van der Waals surface area contributed by atoms with Crippen molar-refractivity contribution in [2.45, 2.75) is 19.4 Å². The highest BCUT2D eigenvalue weighted by Crippen LogP contribution is 2.21. The van der Waals surface area contributed by atoms with E-state index in [-0.39, 0.29) is 5.91 Å². The lowest BCUT2D eigenvalue weighted by atomic mass is 10.0. The molecule has 20 heavy (non-hydrogen) atoms. The summed E-state index contributed by atoms with van der Waals surface area (Å²) in [7, 11) is 1.61. The molecule has 0 radical (unpaired) electrons. The zero-order valence-electron chi connectivity index (χ0n) is 11.6. The third kappa shape index (κ3) is 3.03. The first-order chi connectivity index (χ1) is 9.65. The standard InChI is InChI=1S/C16H18N2O2/c1-3-15(19)14-9-8-13(10-18-14)11-4-6-12(7-5-11)16(20)17-2/h4-10,15,19H,3H2,1-2H3,(H,17,20). The molecule has 1 aromatic carbocycles. The summed E-state index contributed by atoms with van der Waals surface area (Å²) in [4.78, 5) is 15.7. The van der Waals surface area contributed by atoms with Gasteiger partial charge in [-0.25, -0.2) is 0 Å². The Morgan fingerprint density at radius 3 is 2.35 bits per heavy atom. The molecule has 4 heteroatoms. The third-order valence-corrected chi connectivity index (χ3v) is 3.22. The Kier molecular flexibility index (Phi) is 4.48. The van der Waals surface area contributed by atoms with Crippen LogP contribution in [0.3, 0.4) is 0 Å². The first-order valence-corrected chi connectivity index (χ1v) is 6.62. The Bertz CT molecular complexity index is 576. The van der Waals surface area contributed by atoms with E-state index < -0.39 is 6.10 Å². The van der Waals surface area contributed by atoms with E-state index in [1.165, 1.54) is 0 Å². The highest BCUT2D eigenvalue weighted by atomic mass is 16.3. The molecule has 1 aromatic heterocycles. The van der Waals surface area contributed by atoms with Crippen molar-refractivity contribution >= 4 is 5.91 Å². The van der Waals surface area contributed by atoms with Crippen LogP contribution in [0.4, 0.5) is 0 Å². The van der Waals surface area contributed by atoms with Crippen molar-refractivity contribution in [3.05, 3.63) is 53.9 Å². The average Bonchev–Trinajstić information content (AvgIpc) is 2.53. The highest BCUT2D eigenvalue weighted by Gasteiger charge is 2.07. The van der Waals surface area contributed by atoms with Crippen LogP contribution in [-0.2, 0) is 0 Å². The maximum atomic E-state index is 11.5. The third-order valence-electron chi connectivity index (χ3n) is 3.22. The fourth-order valence-corrected chi connectivity index (χ4v) is 1.94. The molecule has 104 valence electrons. The molecule has 1 atom stereocenters. The van der Waals surface area contributed by atoms with Gasteiger partial charge in [-0.2, -0.15) is 0 Å². The van der Waals surface area contributed by atoms with Crippen molar-refractivity contribution in [1.29, 1.82) is 0 Å². The van der Waals surface area contributed by atoms with Crippen LogP contribution in [0.15, 0.2) is 42.6 Å². The minimum Gasteiger partial charge on any atom is -0.387 e. The average molecular weight is 270 g/mol. The number of carbonyl (C=O) groups excluding carboxylic acids is 1. The van der Waals surface area contributed by atoms with E-state index in [2.05, 4.69) is 10.3 Å². The Labute approximate surface area is 118 Å². The number of nitrogens with one attached hydrogen (secondary N) is 1. The first kappa shape index (κ1) is 14.2. The molecule has 4 nitrogen and oxygen atoms in total. The van der Waals surface area contributed by atoms with Crippen molar-refractivity contribution in [3.8, 4) is 11.1 Å². The minimum absolute atomic E-state index is 0.101. The lowest BCUT2D eigenvalue weighted by molar-refractivity contribution is 0.0963. The van der Waals surface area contributed by atoms with Crippen LogP contribution < -0.4 is 5.32 Å². The molecule has 1 amide bonds. The maximum Gasteiger partial charge on any atom is 0.251 e. The van der Waals surface area contributed by atoms with Gasteiger partial charge >= 0.3 is 0 Å². The van der Waals surface area contributed by atoms with E-state index >= 15 is 0 Å². The Balaban J connectivity index is 2.21. The largest absolute Gasteiger partial charge is 0.387 e. The van der Waals surface area contributed by atoms with Crippen LogP contribution in [0.1, 0.15) is 35.5 Å². The number of aliphatic hydroxyl groups excluding tert-OH is 1. The Hall–Kier alpha value is -2.20. The number of rotatable bonds is 4. The van der Waals surface area contributed by atoms with Gasteiger partial charge in [-0.1, -0.05) is 25.1 Å². The molecule has 2 N–H and O–H groups in total. The van der Waals surface area contributed by atoms with Crippen molar-refractivity contribution in [1.82, 2.24) is 10.3 Å². The van der Waals surface area contributed by atoms with Crippen LogP contribution in [0.25, 0.3) is 11.1 Å². The second kappa shape index (κ2) is 6.30. The molecule has 0 spiro atoms. The summed E-state index contributed by atoms with van der Waals surface area (Å²) in [5.74, 6) is -0.101. The van der Waals surface area contributed by atoms with E-state index in [1.807, 2.05) is 31.2 Å². The van der Waals surface area contributed by atoms with E-state index in [0.717, 1.165) is 11.1 Å². The fraction of sp³-hybridized carbons (Fsp3) is 0.250. The van der Waals surface area contributed by atoms with Crippen molar-refractivity contribution in [3.63, 3.8) is 0 Å². The lowest BCUT2D eigenvalue weighted by Gasteiger charge is -2.08. The molecule has 1 heterocycles. The zero-order chi connectivity index (χ0) is 14.5. The molecule has 0 aliphatic heterocycles. The molecule has 0 saturated heterocycles. The van der Waals surface area contributed by atoms with Crippen LogP contribution >= 0.6 is 0 Å². The summed E-state index contributed by atoms with van der Waals surface area (Å²) in [5.41, 5.74) is 3.25. The van der Waals surface area contributed by atoms with Crippen LogP contribution in [-0.4, -0.2) is 23.0 Å². The maximum absolute atomic E-state index is 11.5. The SMILES string of the molecule is CCC(O)c1ccc(-c2ccc(C(=O)NC)cc2)cn1. The number of carbonyl (C=O) groups is 1. The van der Waals surface area contributed by atoms with Gasteiger partial charge in [-0.05, 0) is 30.2 Å². The highest BCUT2D eigenvalue weighted by molar-refractivity contribution is 5.94. The summed E-state index contributed by atoms with van der Waals surface area (Å²) < 4.78 is 0. The summed E-state index contributed by atoms with van der Waals surface area (Å²) >= 11 is 0. The van der Waals surface area contributed by atoms with Gasteiger partial charge in [0.1, 0.15) is 0 Å². The Morgan fingerprint density at radius 2 is 1.85 bits per heavy atom. The number of aliphatic hydroxyl groups is 1. The lowest BCUT2D eigenvalue weighted by Crippen LogP contribution is -2.17. The number of pyridine rings is 1. The van der Waals surface area contributed by atoms with Gasteiger partial charge in [0, 0.05) is 24.4 Å². The molecule has 2 rings (SSSR count). The van der Waals surface area contributed by atoms with E-state index in [1.54, 1.807) is 25.4 Å². The normalized spacial score (nSPS) is 11.9. The predicted molar refractivity (Wildman–Crippen MR) is 78.3 cm³/mol. The second-order valence-electron chi connectivity index (χ2n) is 4.55. The second-order valence-corrected chi connectivity index (χ2v) is 4.55. The van der Waals surface area contributed by atoms with Gasteiger partial charge in [0.05, 0.1) is 11.8 Å². The van der Waals surface area contributed by atoms with Crippen LogP contribution in [0.2, 0.25) is 0 Å². The van der Waals surface area contributed by atoms with E-state index in [4.69, 9.17) is 0 Å². The van der Waals surface area contributed by atoms with Gasteiger partial charge in [-0.3, -0.25) is 9.78 Å². The van der Waals surface area contributed by atoms with E-state index in [9.17, 15) is 9.90 Å². The van der Waals surface area contributed by atoms with Gasteiger partial charge in [-0.15, -0.1) is 0 Å². The molecule has 0 aliphatic carbocycles. The quantitative estimate of drug-likeness (QED) is 0.897. The molecule has 0 saturated carbocycles. The number of hydrogen-bond acceptors (Lipinski definition) is 3. The van der Waals surface area contributed by atoms with Gasteiger partial charge in [0.15, 0.2) is 0 Å².